The number of nitrogens with two attached hydrogens (primary N) is 1. The van der Waals surface area contributed by atoms with E-state index in [9.17, 15) is 5.11 Å². The Morgan fingerprint density at radius 1 is 1.03 bits per heavy atom. The van der Waals surface area contributed by atoms with Crippen molar-refractivity contribution in [2.24, 2.45) is 5.92 Å². The highest BCUT2D eigenvalue weighted by Crippen LogP contribution is 2.28. The summed E-state index contributed by atoms with van der Waals surface area (Å²) in [5, 5.41) is 24.3. The number of hydrogen-bond donors (Lipinski definition) is 4. The van der Waals surface area contributed by atoms with Gasteiger partial charge in [-0.3, -0.25) is 14.6 Å². The summed E-state index contributed by atoms with van der Waals surface area (Å²) in [4.78, 5) is 34.2. The zero-order valence-corrected chi connectivity index (χ0v) is 17.1. The van der Waals surface area contributed by atoms with Gasteiger partial charge in [-0.25, -0.2) is 0 Å². The molecule has 11 heteroatoms. The number of aliphatic hydroxyl groups is 1. The quantitative estimate of drug-likeness (QED) is 0.497. The number of carboxylic acid groups (broad SMARTS) is 2. The van der Waals surface area contributed by atoms with Crippen LogP contribution in [0.25, 0.3) is 0 Å². The maximum Gasteiger partial charge on any atom is 0.290 e. The molecule has 2 aromatic rings. The normalized spacial score (nSPS) is 19.6. The number of nitrogens with zero attached hydrogens (tertiary/aromatic N) is 5. The Kier molecular flexibility index (Phi) is 9.43. The first-order chi connectivity index (χ1) is 15.0. The van der Waals surface area contributed by atoms with Crippen LogP contribution < -0.4 is 15.5 Å². The van der Waals surface area contributed by atoms with Crippen LogP contribution in [0.4, 0.5) is 17.6 Å². The van der Waals surface area contributed by atoms with E-state index in [1.165, 1.54) is 18.4 Å². The van der Waals surface area contributed by atoms with E-state index in [1.807, 2.05) is 12.1 Å². The van der Waals surface area contributed by atoms with Gasteiger partial charge in [0, 0.05) is 50.6 Å². The lowest BCUT2D eigenvalue weighted by atomic mass is 9.97. The van der Waals surface area contributed by atoms with Crippen molar-refractivity contribution < 1.29 is 24.9 Å². The molecule has 0 radical (unpaired) electrons. The van der Waals surface area contributed by atoms with E-state index < -0.39 is 0 Å². The fourth-order valence-electron chi connectivity index (χ4n) is 3.72. The van der Waals surface area contributed by atoms with Crippen LogP contribution in [0.1, 0.15) is 18.4 Å². The zero-order chi connectivity index (χ0) is 22.6. The molecule has 168 valence electrons. The molecule has 2 atom stereocenters. The third-order valence-corrected chi connectivity index (χ3v) is 5.09. The first-order valence-electron chi connectivity index (χ1n) is 9.89. The first-order valence-corrected chi connectivity index (χ1v) is 9.89. The monoisotopic (exact) mass is 432 g/mol. The van der Waals surface area contributed by atoms with Crippen LogP contribution in [0, 0.1) is 5.92 Å². The van der Waals surface area contributed by atoms with Crippen LogP contribution in [-0.4, -0.2) is 75.5 Å². The molecule has 2 aromatic heterocycles. The highest BCUT2D eigenvalue weighted by molar-refractivity contribution is 5.53. The van der Waals surface area contributed by atoms with Gasteiger partial charge in [-0.2, -0.15) is 9.97 Å². The fourth-order valence-corrected chi connectivity index (χ4v) is 3.72. The standard InChI is InChI=1S/C18H24N6O.2CH2O2/c19-16-10-17(22-18(21-16)23-7-1-2-8-23)24-11-14(15(25)12-24)9-13-3-5-20-6-4-13;2*2-1-3/h3-6,10,14-15,25H,1-2,7-9,11-12H2,(H2,19,21,22);2*1H,(H,2,3)/t14-,15+;;/m1../s1. The molecule has 0 aliphatic carbocycles. The van der Waals surface area contributed by atoms with Gasteiger partial charge >= 0.3 is 0 Å². The SMILES string of the molecule is Nc1cc(N2C[C@@H](Cc3ccncc3)[C@@H](O)C2)nc(N2CCCC2)n1.O=CO.O=CO. The van der Waals surface area contributed by atoms with Crippen molar-refractivity contribution in [3.05, 3.63) is 36.2 Å². The molecule has 2 saturated heterocycles. The summed E-state index contributed by atoms with van der Waals surface area (Å²) in [6.07, 6.45) is 6.39. The maximum absolute atomic E-state index is 10.5. The van der Waals surface area contributed by atoms with Gasteiger partial charge in [-0.1, -0.05) is 0 Å². The zero-order valence-electron chi connectivity index (χ0n) is 17.1. The van der Waals surface area contributed by atoms with Crippen molar-refractivity contribution in [1.82, 2.24) is 15.0 Å². The van der Waals surface area contributed by atoms with E-state index in [4.69, 9.17) is 30.5 Å². The number of β-amino-alcohol motifs (C(OH)–C–C–N with tert-alkyl or cyclic N) is 1. The van der Waals surface area contributed by atoms with Gasteiger partial charge < -0.3 is 30.9 Å². The van der Waals surface area contributed by atoms with Crippen molar-refractivity contribution in [3.8, 4) is 0 Å². The van der Waals surface area contributed by atoms with Crippen LogP contribution in [0.15, 0.2) is 30.6 Å². The second kappa shape index (κ2) is 12.3. The Labute approximate surface area is 180 Å². The second-order valence-electron chi connectivity index (χ2n) is 7.15. The minimum absolute atomic E-state index is 0.175. The molecule has 0 unspecified atom stereocenters. The highest BCUT2D eigenvalue weighted by atomic mass is 16.3. The number of anilines is 3. The van der Waals surface area contributed by atoms with Gasteiger partial charge in [-0.05, 0) is 37.0 Å². The predicted molar refractivity (Wildman–Crippen MR) is 115 cm³/mol. The smallest absolute Gasteiger partial charge is 0.290 e. The van der Waals surface area contributed by atoms with Crippen LogP contribution in [0.5, 0.6) is 0 Å². The molecule has 4 rings (SSSR count). The average Bonchev–Trinajstić information content (AvgIpc) is 3.40. The summed E-state index contributed by atoms with van der Waals surface area (Å²) in [6.45, 7) is 2.80. The molecule has 4 heterocycles. The molecule has 0 saturated carbocycles. The van der Waals surface area contributed by atoms with E-state index in [1.54, 1.807) is 18.5 Å². The molecular formula is C20H28N6O5. The lowest BCUT2D eigenvalue weighted by molar-refractivity contribution is -0.123. The van der Waals surface area contributed by atoms with Crippen molar-refractivity contribution in [3.63, 3.8) is 0 Å². The van der Waals surface area contributed by atoms with Gasteiger partial charge in [0.2, 0.25) is 5.95 Å². The van der Waals surface area contributed by atoms with Crippen LogP contribution in [-0.2, 0) is 16.0 Å². The van der Waals surface area contributed by atoms with E-state index in [0.29, 0.717) is 18.3 Å². The Hall–Kier alpha value is -3.47. The molecule has 0 amide bonds. The molecule has 11 nitrogen and oxygen atoms in total. The molecule has 2 aliphatic rings. The summed E-state index contributed by atoms with van der Waals surface area (Å²) in [6, 6.07) is 5.81. The molecule has 0 bridgehead atoms. The number of hydrogen-bond acceptors (Lipinski definition) is 9. The number of nitrogen functional groups attached to an aromatic ring is 1. The Bertz CT molecular complexity index is 813. The van der Waals surface area contributed by atoms with E-state index in [2.05, 4.69) is 19.8 Å². The van der Waals surface area contributed by atoms with Gasteiger partial charge in [0.1, 0.15) is 11.6 Å². The molecule has 5 N–H and O–H groups in total. The summed E-state index contributed by atoms with van der Waals surface area (Å²) in [5.74, 6) is 2.18. The van der Waals surface area contributed by atoms with Gasteiger partial charge in [0.15, 0.2) is 0 Å². The fraction of sp³-hybridized carbons (Fsp3) is 0.450. The van der Waals surface area contributed by atoms with E-state index in [0.717, 1.165) is 31.9 Å². The Morgan fingerprint density at radius 3 is 2.26 bits per heavy atom. The Morgan fingerprint density at radius 2 is 1.65 bits per heavy atom. The van der Waals surface area contributed by atoms with Gasteiger partial charge in [0.25, 0.3) is 12.9 Å². The summed E-state index contributed by atoms with van der Waals surface area (Å²) >= 11 is 0. The van der Waals surface area contributed by atoms with Crippen molar-refractivity contribution in [2.45, 2.75) is 25.4 Å². The molecule has 2 aliphatic heterocycles. The summed E-state index contributed by atoms with van der Waals surface area (Å²) in [7, 11) is 0. The maximum atomic E-state index is 10.5. The van der Waals surface area contributed by atoms with Crippen LogP contribution >= 0.6 is 0 Å². The molecular weight excluding hydrogens is 404 g/mol. The molecule has 31 heavy (non-hydrogen) atoms. The summed E-state index contributed by atoms with van der Waals surface area (Å²) < 4.78 is 0. The summed E-state index contributed by atoms with van der Waals surface area (Å²) in [5.41, 5.74) is 7.21. The van der Waals surface area contributed by atoms with Crippen LogP contribution in [0.2, 0.25) is 0 Å². The second-order valence-corrected chi connectivity index (χ2v) is 7.15. The lowest BCUT2D eigenvalue weighted by Crippen LogP contribution is -2.25. The van der Waals surface area contributed by atoms with Gasteiger partial charge in [0.05, 0.1) is 6.10 Å². The van der Waals surface area contributed by atoms with Gasteiger partial charge in [-0.15, -0.1) is 0 Å². The lowest BCUT2D eigenvalue weighted by Gasteiger charge is -2.21. The minimum atomic E-state index is -0.375. The number of pyridine rings is 1. The predicted octanol–water partition coefficient (Wildman–Crippen LogP) is 0.495. The minimum Gasteiger partial charge on any atom is -0.483 e. The van der Waals surface area contributed by atoms with Crippen molar-refractivity contribution in [2.75, 3.05) is 41.7 Å². The third-order valence-electron chi connectivity index (χ3n) is 5.09. The number of aromatic nitrogens is 3. The van der Waals surface area contributed by atoms with Crippen molar-refractivity contribution in [1.29, 1.82) is 0 Å². The largest absolute Gasteiger partial charge is 0.483 e. The Balaban J connectivity index is 0.000000513. The highest BCUT2D eigenvalue weighted by Gasteiger charge is 2.32. The van der Waals surface area contributed by atoms with E-state index >= 15 is 0 Å². The third kappa shape index (κ3) is 7.07. The number of aliphatic hydroxyl groups excluding tert-OH is 1. The first kappa shape index (κ1) is 23.8. The van der Waals surface area contributed by atoms with Crippen molar-refractivity contribution >= 4 is 30.5 Å². The molecule has 2 fully saturated rings. The number of carbonyl (C=O) groups is 2. The molecule has 0 spiro atoms. The number of rotatable bonds is 4. The average molecular weight is 432 g/mol. The van der Waals surface area contributed by atoms with Crippen LogP contribution in [0.3, 0.4) is 0 Å². The topological polar surface area (TPSA) is 166 Å². The van der Waals surface area contributed by atoms with E-state index in [-0.39, 0.29) is 25.0 Å². The molecule has 0 aromatic carbocycles.